The highest BCUT2D eigenvalue weighted by Gasteiger charge is 2.40. The summed E-state index contributed by atoms with van der Waals surface area (Å²) in [4.78, 5) is 8.13. The second-order valence-corrected chi connectivity index (χ2v) is 8.36. The number of nitrogens with zero attached hydrogens (tertiary/aromatic N) is 3. The molecule has 0 N–H and O–H groups in total. The number of hydrogen-bond acceptors (Lipinski definition) is 3. The molecule has 0 radical (unpaired) electrons. The monoisotopic (exact) mass is 293 g/mol. The fourth-order valence-corrected chi connectivity index (χ4v) is 4.71. The summed E-state index contributed by atoms with van der Waals surface area (Å²) >= 11 is 0. The molecule has 3 fully saturated rings. The van der Waals surface area contributed by atoms with Gasteiger partial charge in [-0.15, -0.1) is 0 Å². The van der Waals surface area contributed by atoms with E-state index in [1.54, 1.807) is 0 Å². The predicted octanol–water partition coefficient (Wildman–Crippen LogP) is 2.38. The maximum atomic E-state index is 2.79. The van der Waals surface area contributed by atoms with Gasteiger partial charge in [0.05, 0.1) is 0 Å². The lowest BCUT2D eigenvalue weighted by molar-refractivity contribution is 0.123. The highest BCUT2D eigenvalue weighted by Crippen LogP contribution is 2.33. The molecule has 122 valence electrons. The van der Waals surface area contributed by atoms with E-state index < -0.39 is 0 Å². The average molecular weight is 293 g/mol. The minimum atomic E-state index is 0.735. The van der Waals surface area contributed by atoms with Gasteiger partial charge in [0, 0.05) is 44.8 Å². The smallest absolute Gasteiger partial charge is 0.00388 e. The fourth-order valence-electron chi connectivity index (χ4n) is 4.71. The van der Waals surface area contributed by atoms with Crippen LogP contribution in [0.1, 0.15) is 40.5 Å². The first-order valence-electron chi connectivity index (χ1n) is 9.23. The molecular formula is C18H35N3. The second-order valence-electron chi connectivity index (χ2n) is 8.36. The van der Waals surface area contributed by atoms with E-state index in [0.717, 1.165) is 29.8 Å². The van der Waals surface area contributed by atoms with Gasteiger partial charge in [0.2, 0.25) is 0 Å². The lowest BCUT2D eigenvalue weighted by Gasteiger charge is -2.36. The van der Waals surface area contributed by atoms with Crippen molar-refractivity contribution >= 4 is 0 Å². The standard InChI is InChI=1S/C18H35N3/c1-14(2)20-7-5-16(6-8-20)9-19-10-17-12-21(15(3)4)13-18(17)11-19/h14-18H,5-13H2,1-4H3. The molecule has 3 heteroatoms. The van der Waals surface area contributed by atoms with Crippen LogP contribution in [0, 0.1) is 17.8 Å². The molecule has 3 heterocycles. The minimum Gasteiger partial charge on any atom is -0.302 e. The van der Waals surface area contributed by atoms with Crippen molar-refractivity contribution in [3.63, 3.8) is 0 Å². The molecule has 3 nitrogen and oxygen atoms in total. The van der Waals surface area contributed by atoms with E-state index in [0.29, 0.717) is 0 Å². The summed E-state index contributed by atoms with van der Waals surface area (Å²) in [6.45, 7) is 18.8. The molecular weight excluding hydrogens is 258 g/mol. The van der Waals surface area contributed by atoms with Crippen molar-refractivity contribution in [2.24, 2.45) is 17.8 Å². The first kappa shape index (κ1) is 15.8. The first-order chi connectivity index (χ1) is 10.0. The Morgan fingerprint density at radius 2 is 1.29 bits per heavy atom. The molecule has 0 aromatic heterocycles. The molecule has 0 aromatic rings. The molecule has 0 amide bonds. The summed E-state index contributed by atoms with van der Waals surface area (Å²) in [6.07, 6.45) is 2.84. The van der Waals surface area contributed by atoms with Crippen LogP contribution >= 0.6 is 0 Å². The Balaban J connectivity index is 1.41. The van der Waals surface area contributed by atoms with E-state index in [-0.39, 0.29) is 0 Å². The van der Waals surface area contributed by atoms with Gasteiger partial charge in [0.25, 0.3) is 0 Å². The maximum Gasteiger partial charge on any atom is 0.00388 e. The van der Waals surface area contributed by atoms with Gasteiger partial charge in [-0.05, 0) is 71.4 Å². The molecule has 3 aliphatic rings. The summed E-state index contributed by atoms with van der Waals surface area (Å²) in [5, 5.41) is 0. The maximum absolute atomic E-state index is 2.79. The molecule has 0 saturated carbocycles. The summed E-state index contributed by atoms with van der Waals surface area (Å²) in [6, 6.07) is 1.48. The predicted molar refractivity (Wildman–Crippen MR) is 89.6 cm³/mol. The number of fused-ring (bicyclic) bond motifs is 1. The van der Waals surface area contributed by atoms with Gasteiger partial charge in [-0.1, -0.05) is 0 Å². The highest BCUT2D eigenvalue weighted by molar-refractivity contribution is 4.94. The van der Waals surface area contributed by atoms with Crippen LogP contribution < -0.4 is 0 Å². The Morgan fingerprint density at radius 1 is 0.762 bits per heavy atom. The highest BCUT2D eigenvalue weighted by atomic mass is 15.2. The van der Waals surface area contributed by atoms with Crippen LogP contribution in [0.2, 0.25) is 0 Å². The van der Waals surface area contributed by atoms with Crippen molar-refractivity contribution in [1.82, 2.24) is 14.7 Å². The summed E-state index contributed by atoms with van der Waals surface area (Å²) in [5.41, 5.74) is 0. The molecule has 3 saturated heterocycles. The molecule has 0 aromatic carbocycles. The summed E-state index contributed by atoms with van der Waals surface area (Å²) < 4.78 is 0. The second kappa shape index (κ2) is 6.55. The third-order valence-corrected chi connectivity index (χ3v) is 6.22. The molecule has 0 bridgehead atoms. The van der Waals surface area contributed by atoms with Crippen LogP contribution in [0.15, 0.2) is 0 Å². The van der Waals surface area contributed by atoms with Crippen LogP contribution in [-0.4, -0.2) is 72.6 Å². The van der Waals surface area contributed by atoms with Gasteiger partial charge in [-0.25, -0.2) is 0 Å². The largest absolute Gasteiger partial charge is 0.302 e. The quantitative estimate of drug-likeness (QED) is 0.788. The average Bonchev–Trinajstić information content (AvgIpc) is 2.97. The van der Waals surface area contributed by atoms with Crippen molar-refractivity contribution in [2.75, 3.05) is 45.8 Å². The lowest BCUT2D eigenvalue weighted by Crippen LogP contribution is -2.42. The van der Waals surface area contributed by atoms with E-state index in [1.807, 2.05) is 0 Å². The zero-order valence-corrected chi connectivity index (χ0v) is 14.6. The fraction of sp³-hybridized carbons (Fsp3) is 1.00. The third-order valence-electron chi connectivity index (χ3n) is 6.22. The third kappa shape index (κ3) is 3.62. The van der Waals surface area contributed by atoms with Crippen molar-refractivity contribution < 1.29 is 0 Å². The Morgan fingerprint density at radius 3 is 1.76 bits per heavy atom. The zero-order chi connectivity index (χ0) is 15.0. The molecule has 2 atom stereocenters. The molecule has 2 unspecified atom stereocenters. The van der Waals surface area contributed by atoms with Gasteiger partial charge in [-0.3, -0.25) is 0 Å². The van der Waals surface area contributed by atoms with Crippen LogP contribution in [0.25, 0.3) is 0 Å². The van der Waals surface area contributed by atoms with Crippen LogP contribution in [0.3, 0.4) is 0 Å². The Kier molecular flexibility index (Phi) is 4.92. The van der Waals surface area contributed by atoms with E-state index in [4.69, 9.17) is 0 Å². The molecule has 0 aliphatic carbocycles. The molecule has 3 aliphatic heterocycles. The topological polar surface area (TPSA) is 9.72 Å². The van der Waals surface area contributed by atoms with Crippen molar-refractivity contribution in [1.29, 1.82) is 0 Å². The van der Waals surface area contributed by atoms with E-state index in [9.17, 15) is 0 Å². The van der Waals surface area contributed by atoms with Gasteiger partial charge < -0.3 is 14.7 Å². The Hall–Kier alpha value is -0.120. The van der Waals surface area contributed by atoms with Crippen LogP contribution in [0.5, 0.6) is 0 Å². The van der Waals surface area contributed by atoms with Crippen LogP contribution in [0.4, 0.5) is 0 Å². The van der Waals surface area contributed by atoms with Crippen molar-refractivity contribution in [3.05, 3.63) is 0 Å². The Bertz CT molecular complexity index is 319. The van der Waals surface area contributed by atoms with Crippen molar-refractivity contribution in [3.8, 4) is 0 Å². The number of hydrogen-bond donors (Lipinski definition) is 0. The molecule has 21 heavy (non-hydrogen) atoms. The van der Waals surface area contributed by atoms with E-state index in [1.165, 1.54) is 58.7 Å². The SMILES string of the molecule is CC(C)N1CCC(CN2CC3CN(C(C)C)CC3C2)CC1. The van der Waals surface area contributed by atoms with Crippen molar-refractivity contribution in [2.45, 2.75) is 52.6 Å². The molecule has 0 spiro atoms. The number of likely N-dealkylation sites (tertiary alicyclic amines) is 3. The number of rotatable bonds is 4. The number of piperidine rings is 1. The van der Waals surface area contributed by atoms with Gasteiger partial charge >= 0.3 is 0 Å². The Labute approximate surface area is 131 Å². The summed E-state index contributed by atoms with van der Waals surface area (Å²) in [7, 11) is 0. The van der Waals surface area contributed by atoms with E-state index >= 15 is 0 Å². The van der Waals surface area contributed by atoms with E-state index in [2.05, 4.69) is 42.4 Å². The molecule has 3 rings (SSSR count). The van der Waals surface area contributed by atoms with Gasteiger partial charge in [-0.2, -0.15) is 0 Å². The lowest BCUT2D eigenvalue weighted by atomic mass is 9.95. The van der Waals surface area contributed by atoms with Gasteiger partial charge in [0.15, 0.2) is 0 Å². The summed E-state index contributed by atoms with van der Waals surface area (Å²) in [5.74, 6) is 2.88. The van der Waals surface area contributed by atoms with Gasteiger partial charge in [0.1, 0.15) is 0 Å². The normalized spacial score (nSPS) is 33.4. The minimum absolute atomic E-state index is 0.735. The van der Waals surface area contributed by atoms with Crippen LogP contribution in [-0.2, 0) is 0 Å². The zero-order valence-electron chi connectivity index (χ0n) is 14.6. The first-order valence-corrected chi connectivity index (χ1v) is 9.23.